The summed E-state index contributed by atoms with van der Waals surface area (Å²) < 4.78 is 13.3. The lowest BCUT2D eigenvalue weighted by molar-refractivity contribution is 0.0657. The number of rotatable bonds is 1. The molecule has 5 nitrogen and oxygen atoms in total. The number of fused-ring (bicyclic) bond motifs is 1. The molecule has 2 N–H and O–H groups in total. The fourth-order valence-electron chi connectivity index (χ4n) is 2.71. The highest BCUT2D eigenvalue weighted by atomic mass is 35.5. The highest BCUT2D eigenvalue weighted by molar-refractivity contribution is 6.06. The van der Waals surface area contributed by atoms with Gasteiger partial charge in [0, 0.05) is 37.1 Å². The number of halogens is 2. The number of hydrogen-bond acceptors (Lipinski definition) is 3. The topological polar surface area (TPSA) is 65.2 Å². The van der Waals surface area contributed by atoms with E-state index < -0.39 is 11.4 Å². The van der Waals surface area contributed by atoms with E-state index in [9.17, 15) is 14.0 Å². The summed E-state index contributed by atoms with van der Waals surface area (Å²) in [5, 5.41) is 3.78. The summed E-state index contributed by atoms with van der Waals surface area (Å²) in [5.74, 6) is -0.634. The minimum absolute atomic E-state index is 0. The lowest BCUT2D eigenvalue weighted by atomic mass is 10.1. The third-order valence-corrected chi connectivity index (χ3v) is 3.80. The molecule has 0 radical (unpaired) electrons. The maximum atomic E-state index is 13.3. The third-order valence-electron chi connectivity index (χ3n) is 3.80. The molecule has 1 amide bonds. The maximum absolute atomic E-state index is 13.3. The highest BCUT2D eigenvalue weighted by Gasteiger charge is 2.25. The first kappa shape index (κ1) is 16.5. The molecular weight excluding hydrogens is 309 g/mol. The van der Waals surface area contributed by atoms with Crippen molar-refractivity contribution < 1.29 is 9.18 Å². The molecule has 1 aromatic carbocycles. The second kappa shape index (κ2) is 6.46. The fraction of sp³-hybridized carbons (Fsp3) is 0.333. The molecule has 0 unspecified atom stereocenters. The molecular formula is C15H17ClFN3O2. The van der Waals surface area contributed by atoms with Gasteiger partial charge in [-0.05, 0) is 25.1 Å². The van der Waals surface area contributed by atoms with Gasteiger partial charge in [-0.25, -0.2) is 4.39 Å². The summed E-state index contributed by atoms with van der Waals surface area (Å²) in [6, 6.07) is 5.40. The normalized spacial score (nSPS) is 18.1. The molecule has 3 rings (SSSR count). The van der Waals surface area contributed by atoms with Gasteiger partial charge in [0.25, 0.3) is 5.91 Å². The molecule has 1 aliphatic heterocycles. The Morgan fingerprint density at radius 2 is 2.14 bits per heavy atom. The van der Waals surface area contributed by atoms with Gasteiger partial charge in [-0.2, -0.15) is 0 Å². The number of aromatic nitrogens is 1. The molecule has 118 valence electrons. The average molecular weight is 326 g/mol. The van der Waals surface area contributed by atoms with Crippen molar-refractivity contribution in [2.75, 3.05) is 19.6 Å². The molecule has 1 aliphatic rings. The number of H-pyrrole nitrogens is 1. The van der Waals surface area contributed by atoms with E-state index in [1.54, 1.807) is 4.90 Å². The fourth-order valence-corrected chi connectivity index (χ4v) is 2.71. The van der Waals surface area contributed by atoms with Gasteiger partial charge in [0.2, 0.25) is 5.56 Å². The SMILES string of the molecule is C[C@H]1CNCCN1C(=O)c1cc(=O)[nH]c2cc(F)ccc12.Cl. The zero-order valence-corrected chi connectivity index (χ0v) is 12.9. The van der Waals surface area contributed by atoms with Gasteiger partial charge >= 0.3 is 0 Å². The van der Waals surface area contributed by atoms with Gasteiger partial charge in [-0.3, -0.25) is 9.59 Å². The smallest absolute Gasteiger partial charge is 0.255 e. The van der Waals surface area contributed by atoms with E-state index in [1.165, 1.54) is 24.3 Å². The molecule has 0 spiro atoms. The first-order valence-electron chi connectivity index (χ1n) is 6.90. The molecule has 0 bridgehead atoms. The Morgan fingerprint density at radius 1 is 1.36 bits per heavy atom. The Labute approximate surface area is 132 Å². The molecule has 1 saturated heterocycles. The Morgan fingerprint density at radius 3 is 2.86 bits per heavy atom. The van der Waals surface area contributed by atoms with Crippen molar-refractivity contribution in [2.45, 2.75) is 13.0 Å². The van der Waals surface area contributed by atoms with Crippen LogP contribution in [0, 0.1) is 5.82 Å². The predicted molar refractivity (Wildman–Crippen MR) is 85.1 cm³/mol. The van der Waals surface area contributed by atoms with Crippen LogP contribution in [0.1, 0.15) is 17.3 Å². The molecule has 0 saturated carbocycles. The number of benzene rings is 1. The number of carbonyl (C=O) groups is 1. The minimum Gasteiger partial charge on any atom is -0.333 e. The summed E-state index contributed by atoms with van der Waals surface area (Å²) in [6.07, 6.45) is 0. The van der Waals surface area contributed by atoms with Crippen LogP contribution in [0.3, 0.4) is 0 Å². The van der Waals surface area contributed by atoms with Crippen LogP contribution in [0.25, 0.3) is 10.9 Å². The minimum atomic E-state index is -0.446. The predicted octanol–water partition coefficient (Wildman–Crippen LogP) is 1.52. The van der Waals surface area contributed by atoms with Gasteiger partial charge in [-0.1, -0.05) is 0 Å². The zero-order chi connectivity index (χ0) is 15.0. The first-order chi connectivity index (χ1) is 10.1. The van der Waals surface area contributed by atoms with Crippen LogP contribution < -0.4 is 10.9 Å². The summed E-state index contributed by atoms with van der Waals surface area (Å²) >= 11 is 0. The monoisotopic (exact) mass is 325 g/mol. The van der Waals surface area contributed by atoms with Crippen LogP contribution in [0.15, 0.2) is 29.1 Å². The van der Waals surface area contributed by atoms with Crippen molar-refractivity contribution >= 4 is 29.2 Å². The van der Waals surface area contributed by atoms with Gasteiger partial charge in [-0.15, -0.1) is 12.4 Å². The largest absolute Gasteiger partial charge is 0.333 e. The average Bonchev–Trinajstić information content (AvgIpc) is 2.45. The standard InChI is InChI=1S/C15H16FN3O2.ClH/c1-9-8-17-4-5-19(9)15(21)12-7-14(20)18-13-6-10(16)2-3-11(12)13;/h2-3,6-7,9,17H,4-5,8H2,1H3,(H,18,20);1H/t9-;/m0./s1. The molecule has 1 aromatic heterocycles. The van der Waals surface area contributed by atoms with E-state index in [4.69, 9.17) is 0 Å². The Kier molecular flexibility index (Phi) is 4.83. The number of carbonyl (C=O) groups excluding carboxylic acids is 1. The molecule has 0 aliphatic carbocycles. The Bertz CT molecular complexity index is 762. The Balaban J connectivity index is 0.00000176. The molecule has 22 heavy (non-hydrogen) atoms. The van der Waals surface area contributed by atoms with Crippen molar-refractivity contribution in [3.63, 3.8) is 0 Å². The van der Waals surface area contributed by atoms with E-state index >= 15 is 0 Å². The van der Waals surface area contributed by atoms with Crippen LogP contribution in [0.5, 0.6) is 0 Å². The third kappa shape index (κ3) is 2.98. The molecule has 1 fully saturated rings. The van der Waals surface area contributed by atoms with Gasteiger partial charge in [0.1, 0.15) is 5.82 Å². The highest BCUT2D eigenvalue weighted by Crippen LogP contribution is 2.19. The quantitative estimate of drug-likeness (QED) is 0.835. The van der Waals surface area contributed by atoms with Crippen LogP contribution in [-0.4, -0.2) is 41.5 Å². The number of aromatic amines is 1. The second-order valence-electron chi connectivity index (χ2n) is 5.29. The summed E-state index contributed by atoms with van der Waals surface area (Å²) in [5.41, 5.74) is 0.260. The van der Waals surface area contributed by atoms with Crippen molar-refractivity contribution in [3.8, 4) is 0 Å². The van der Waals surface area contributed by atoms with E-state index in [0.717, 1.165) is 13.1 Å². The van der Waals surface area contributed by atoms with Crippen molar-refractivity contribution in [1.82, 2.24) is 15.2 Å². The van der Waals surface area contributed by atoms with Crippen molar-refractivity contribution in [3.05, 3.63) is 46.0 Å². The van der Waals surface area contributed by atoms with Gasteiger partial charge in [0.15, 0.2) is 0 Å². The van der Waals surface area contributed by atoms with Crippen LogP contribution >= 0.6 is 12.4 Å². The van der Waals surface area contributed by atoms with Gasteiger partial charge in [0.05, 0.1) is 11.1 Å². The molecule has 2 heterocycles. The number of piperazine rings is 1. The van der Waals surface area contributed by atoms with Gasteiger partial charge < -0.3 is 15.2 Å². The number of nitrogens with one attached hydrogen (secondary N) is 2. The lowest BCUT2D eigenvalue weighted by Crippen LogP contribution is -2.52. The first-order valence-corrected chi connectivity index (χ1v) is 6.90. The summed E-state index contributed by atoms with van der Waals surface area (Å²) in [7, 11) is 0. The van der Waals surface area contributed by atoms with E-state index in [2.05, 4.69) is 10.3 Å². The zero-order valence-electron chi connectivity index (χ0n) is 12.1. The number of pyridine rings is 1. The second-order valence-corrected chi connectivity index (χ2v) is 5.29. The van der Waals surface area contributed by atoms with E-state index in [0.29, 0.717) is 23.0 Å². The lowest BCUT2D eigenvalue weighted by Gasteiger charge is -2.34. The Hall–Kier alpha value is -1.92. The number of nitrogens with zero attached hydrogens (tertiary/aromatic N) is 1. The number of amides is 1. The van der Waals surface area contributed by atoms with E-state index in [-0.39, 0.29) is 24.4 Å². The maximum Gasteiger partial charge on any atom is 0.255 e. The molecule has 7 heteroatoms. The van der Waals surface area contributed by atoms with Crippen molar-refractivity contribution in [2.24, 2.45) is 0 Å². The molecule has 2 aromatic rings. The summed E-state index contributed by atoms with van der Waals surface area (Å²) in [4.78, 5) is 28.7. The molecule has 1 atom stereocenters. The van der Waals surface area contributed by atoms with E-state index in [1.807, 2.05) is 6.92 Å². The summed E-state index contributed by atoms with van der Waals surface area (Å²) in [6.45, 7) is 4.00. The number of hydrogen-bond donors (Lipinski definition) is 2. The van der Waals surface area contributed by atoms with Crippen LogP contribution in [-0.2, 0) is 0 Å². The van der Waals surface area contributed by atoms with Crippen LogP contribution in [0.2, 0.25) is 0 Å². The van der Waals surface area contributed by atoms with Crippen molar-refractivity contribution in [1.29, 1.82) is 0 Å². The van der Waals surface area contributed by atoms with Crippen LogP contribution in [0.4, 0.5) is 4.39 Å².